The third-order valence-corrected chi connectivity index (χ3v) is 12.1. The molecule has 0 amide bonds. The van der Waals surface area contributed by atoms with Gasteiger partial charge in [-0.25, -0.2) is 4.79 Å². The topological polar surface area (TPSA) is 201 Å². The lowest BCUT2D eigenvalue weighted by atomic mass is 9.65. The van der Waals surface area contributed by atoms with Crippen molar-refractivity contribution in [1.82, 2.24) is 5.32 Å². The van der Waals surface area contributed by atoms with Crippen molar-refractivity contribution in [3.05, 3.63) is 101 Å². The second kappa shape index (κ2) is 23.3. The highest BCUT2D eigenvalue weighted by Crippen LogP contribution is 2.46. The molecular formula is C48H64F3NO12. The van der Waals surface area contributed by atoms with Crippen LogP contribution < -0.4 is 10.1 Å². The highest BCUT2D eigenvalue weighted by Gasteiger charge is 2.43. The maximum Gasteiger partial charge on any atom is 0.416 e. The fourth-order valence-corrected chi connectivity index (χ4v) is 8.03. The van der Waals surface area contributed by atoms with E-state index in [1.54, 1.807) is 0 Å². The third kappa shape index (κ3) is 14.3. The van der Waals surface area contributed by atoms with E-state index >= 15 is 0 Å². The van der Waals surface area contributed by atoms with Gasteiger partial charge < -0.3 is 49.8 Å². The molecule has 354 valence electrons. The zero-order chi connectivity index (χ0) is 47.4. The normalized spacial score (nSPS) is 26.4. The Labute approximate surface area is 373 Å². The van der Waals surface area contributed by atoms with E-state index in [-0.39, 0.29) is 42.6 Å². The Balaban J connectivity index is 0.000000230. The van der Waals surface area contributed by atoms with Crippen molar-refractivity contribution in [2.24, 2.45) is 29.1 Å². The number of carbonyl (C=O) groups is 3. The molecule has 1 saturated heterocycles. The molecule has 2 aliphatic carbocycles. The minimum absolute atomic E-state index is 0.0949. The molecule has 6 rings (SSSR count). The first-order valence-electron chi connectivity index (χ1n) is 21.8. The summed E-state index contributed by atoms with van der Waals surface area (Å²) in [5.74, 6) is -1.57. The molecule has 2 aliphatic heterocycles. The minimum Gasteiger partial charge on any atom is -0.505 e. The zero-order valence-electron chi connectivity index (χ0n) is 37.3. The average Bonchev–Trinajstić information content (AvgIpc) is 3.51. The van der Waals surface area contributed by atoms with Gasteiger partial charge in [0.15, 0.2) is 11.9 Å². The molecule has 13 nitrogen and oxygen atoms in total. The van der Waals surface area contributed by atoms with Gasteiger partial charge in [0.05, 0.1) is 30.1 Å². The van der Waals surface area contributed by atoms with E-state index in [1.807, 2.05) is 58.2 Å². The van der Waals surface area contributed by atoms with Gasteiger partial charge in [0.1, 0.15) is 30.2 Å². The van der Waals surface area contributed by atoms with Gasteiger partial charge in [-0.3, -0.25) is 9.59 Å². The lowest BCUT2D eigenvalue weighted by Crippen LogP contribution is -2.43. The van der Waals surface area contributed by atoms with Gasteiger partial charge >= 0.3 is 24.1 Å². The predicted molar refractivity (Wildman–Crippen MR) is 231 cm³/mol. The number of halogens is 3. The van der Waals surface area contributed by atoms with Crippen LogP contribution in [-0.2, 0) is 34.8 Å². The predicted octanol–water partition coefficient (Wildman–Crippen LogP) is 7.61. The number of esters is 3. The first kappa shape index (κ1) is 51.7. The number of cyclic esters (lactones) is 2. The van der Waals surface area contributed by atoms with E-state index in [0.717, 1.165) is 56.3 Å². The molecule has 4 aliphatic rings. The second-order valence-corrected chi connectivity index (χ2v) is 17.5. The van der Waals surface area contributed by atoms with Crippen molar-refractivity contribution in [3.63, 3.8) is 0 Å². The number of hydrogen-bond donors (Lipinski definition) is 6. The lowest BCUT2D eigenvalue weighted by molar-refractivity contribution is -0.166. The molecule has 0 saturated carbocycles. The molecule has 1 fully saturated rings. The van der Waals surface area contributed by atoms with Crippen LogP contribution in [0.1, 0.15) is 96.8 Å². The van der Waals surface area contributed by atoms with Crippen LogP contribution in [0.3, 0.4) is 0 Å². The number of rotatable bonds is 14. The van der Waals surface area contributed by atoms with Crippen molar-refractivity contribution in [1.29, 1.82) is 0 Å². The first-order chi connectivity index (χ1) is 30.2. The van der Waals surface area contributed by atoms with Gasteiger partial charge in [0.25, 0.3) is 0 Å². The molecule has 0 bridgehead atoms. The summed E-state index contributed by atoms with van der Waals surface area (Å²) in [6.07, 6.45) is 3.03. The van der Waals surface area contributed by atoms with E-state index in [4.69, 9.17) is 34.6 Å². The van der Waals surface area contributed by atoms with Crippen molar-refractivity contribution >= 4 is 17.9 Å². The summed E-state index contributed by atoms with van der Waals surface area (Å²) in [4.78, 5) is 35.1. The Bertz CT molecular complexity index is 1930. The number of hydrogen-bond acceptors (Lipinski definition) is 13. The van der Waals surface area contributed by atoms with Crippen LogP contribution in [0, 0.1) is 29.1 Å². The molecule has 0 aromatic heterocycles. The molecule has 2 aromatic rings. The van der Waals surface area contributed by atoms with Crippen molar-refractivity contribution in [3.8, 4) is 5.75 Å². The summed E-state index contributed by atoms with van der Waals surface area (Å²) >= 11 is 0. The Hall–Kier alpha value is -4.90. The van der Waals surface area contributed by atoms with E-state index in [1.165, 1.54) is 17.7 Å². The van der Waals surface area contributed by atoms with Crippen molar-refractivity contribution in [2.75, 3.05) is 20.2 Å². The lowest BCUT2D eigenvalue weighted by Gasteiger charge is -2.44. The van der Waals surface area contributed by atoms with Crippen molar-refractivity contribution < 1.29 is 72.0 Å². The van der Waals surface area contributed by atoms with Crippen molar-refractivity contribution in [2.45, 2.75) is 122 Å². The fraction of sp³-hybridized carbons (Fsp3) is 0.562. The number of benzene rings is 2. The standard InChI is InChI=1S/C25H38O5.C17H18F3NO.C6H8O6/c1-6-25(4,5)24(28)30-21-12-15(2)11-17-8-7-16(3)20(23(17)21)10-9-19-13-18(26)14-22(27)29-19;1-21-12-11-16(13-5-3-2-4-6-13)22-15-9-7-14(8-10-15)17(18,19)20;7-1-2(8)5-3(9)4(10)6(11)12-5/h7-8,11,15-16,18-21,23,26H,6,9-10,12-14H2,1-5H3;2-10,16,21H,11-12H2,1H3;2,5,7-10H,1H2/t15-,16-,18+,19+,20-,21-,23-;;2-,5+/m0.0/s1. The van der Waals surface area contributed by atoms with Gasteiger partial charge in [-0.15, -0.1) is 0 Å². The molecule has 16 heteroatoms. The average molecular weight is 904 g/mol. The van der Waals surface area contributed by atoms with Gasteiger partial charge in [-0.2, -0.15) is 13.2 Å². The quantitative estimate of drug-likeness (QED) is 0.0800. The Morgan fingerprint density at radius 3 is 2.22 bits per heavy atom. The maximum atomic E-state index is 12.9. The van der Waals surface area contributed by atoms with Crippen LogP contribution >= 0.6 is 0 Å². The SMILES string of the molecule is CCC(C)(C)C(=O)O[C@H]1C[C@@H](C)C=C2C=C[C@H](C)[C@H](CC[C@@H]3C[C@@H](O)CC(=O)O3)[C@H]21.CNCCC(Oc1ccc(C(F)(F)F)cc1)c1ccccc1.O=C1O[C@H]([C@@H](O)CO)C(O)=C1O. The third-order valence-electron chi connectivity index (χ3n) is 12.1. The van der Waals surface area contributed by atoms with E-state index < -0.39 is 59.6 Å². The number of aliphatic hydroxyl groups excluding tert-OH is 5. The molecule has 64 heavy (non-hydrogen) atoms. The van der Waals surface area contributed by atoms with Crippen LogP contribution in [0.15, 0.2) is 89.9 Å². The van der Waals surface area contributed by atoms with Gasteiger partial charge in [-0.05, 0) is 106 Å². The van der Waals surface area contributed by atoms with Crippen LogP contribution in [0.5, 0.6) is 5.75 Å². The largest absolute Gasteiger partial charge is 0.505 e. The summed E-state index contributed by atoms with van der Waals surface area (Å²) < 4.78 is 59.5. The summed E-state index contributed by atoms with van der Waals surface area (Å²) in [7, 11) is 1.85. The fourth-order valence-electron chi connectivity index (χ4n) is 8.03. The van der Waals surface area contributed by atoms with Crippen LogP contribution in [0.2, 0.25) is 0 Å². The highest BCUT2D eigenvalue weighted by molar-refractivity contribution is 5.89. The smallest absolute Gasteiger partial charge is 0.416 e. The monoisotopic (exact) mass is 903 g/mol. The number of carbonyl (C=O) groups excluding carboxylic acids is 3. The molecule has 2 aromatic carbocycles. The summed E-state index contributed by atoms with van der Waals surface area (Å²) in [5, 5.41) is 48.0. The summed E-state index contributed by atoms with van der Waals surface area (Å²) in [6.45, 7) is 10.4. The molecule has 1 unspecified atom stereocenters. The minimum atomic E-state index is -4.33. The van der Waals surface area contributed by atoms with E-state index in [2.05, 4.69) is 42.1 Å². The second-order valence-electron chi connectivity index (χ2n) is 17.5. The number of alkyl halides is 3. The van der Waals surface area contributed by atoms with E-state index in [9.17, 15) is 32.7 Å². The Morgan fingerprint density at radius 2 is 1.66 bits per heavy atom. The molecule has 10 atom stereocenters. The summed E-state index contributed by atoms with van der Waals surface area (Å²) in [5.41, 5.74) is 1.11. The van der Waals surface area contributed by atoms with Crippen LogP contribution in [-0.4, -0.2) is 94.2 Å². The molecule has 6 N–H and O–H groups in total. The molecule has 0 spiro atoms. The highest BCUT2D eigenvalue weighted by atomic mass is 19.4. The number of fused-ring (bicyclic) bond motifs is 1. The van der Waals surface area contributed by atoms with Crippen LogP contribution in [0.25, 0.3) is 0 Å². The Morgan fingerprint density at radius 1 is 0.984 bits per heavy atom. The number of allylic oxidation sites excluding steroid dienone is 3. The molecule has 2 heterocycles. The number of aliphatic hydroxyl groups is 5. The van der Waals surface area contributed by atoms with Gasteiger partial charge in [-0.1, -0.05) is 69.3 Å². The van der Waals surface area contributed by atoms with E-state index in [0.29, 0.717) is 29.9 Å². The maximum absolute atomic E-state index is 12.9. The van der Waals surface area contributed by atoms with Gasteiger partial charge in [0.2, 0.25) is 5.76 Å². The van der Waals surface area contributed by atoms with Gasteiger partial charge in [0, 0.05) is 18.8 Å². The van der Waals surface area contributed by atoms with Crippen LogP contribution in [0.4, 0.5) is 13.2 Å². The summed E-state index contributed by atoms with van der Waals surface area (Å²) in [6, 6.07) is 14.4. The number of ether oxygens (including phenoxy) is 4. The molecular weight excluding hydrogens is 840 g/mol. The zero-order valence-corrected chi connectivity index (χ0v) is 37.3. The first-order valence-corrected chi connectivity index (χ1v) is 21.8. The number of nitrogens with one attached hydrogen (secondary N) is 1. The Kier molecular flexibility index (Phi) is 18.9. The molecule has 0 radical (unpaired) electrons.